The summed E-state index contributed by atoms with van der Waals surface area (Å²) in [5.41, 5.74) is 4.35. The lowest BCUT2D eigenvalue weighted by molar-refractivity contribution is -0.122. The van der Waals surface area contributed by atoms with Crippen LogP contribution in [0.3, 0.4) is 0 Å². The summed E-state index contributed by atoms with van der Waals surface area (Å²) in [4.78, 5) is 12.1. The van der Waals surface area contributed by atoms with Crippen molar-refractivity contribution < 1.29 is 4.79 Å². The average Bonchev–Trinajstić information content (AvgIpc) is 3.32. The SMILES string of the molecule is O=C(N/N=C/c1c(Cl)cccc1Cl)C1CC1c1ccccc1. The number of rotatable bonds is 4. The summed E-state index contributed by atoms with van der Waals surface area (Å²) in [7, 11) is 0. The first-order valence-corrected chi connectivity index (χ1v) is 7.74. The van der Waals surface area contributed by atoms with Crippen molar-refractivity contribution in [3.63, 3.8) is 0 Å². The van der Waals surface area contributed by atoms with Crippen LogP contribution in [0, 0.1) is 5.92 Å². The van der Waals surface area contributed by atoms with Crippen LogP contribution < -0.4 is 5.43 Å². The Kier molecular flexibility index (Phi) is 4.46. The van der Waals surface area contributed by atoms with Gasteiger partial charge in [-0.05, 0) is 30.0 Å². The number of benzene rings is 2. The van der Waals surface area contributed by atoms with Crippen LogP contribution in [0.4, 0.5) is 0 Å². The monoisotopic (exact) mass is 332 g/mol. The Hall–Kier alpha value is -1.84. The van der Waals surface area contributed by atoms with Gasteiger partial charge in [0.1, 0.15) is 0 Å². The fraction of sp³-hybridized carbons (Fsp3) is 0.176. The topological polar surface area (TPSA) is 41.5 Å². The minimum atomic E-state index is -0.0757. The van der Waals surface area contributed by atoms with Crippen LogP contribution in [0.25, 0.3) is 0 Å². The van der Waals surface area contributed by atoms with Crippen molar-refractivity contribution in [2.75, 3.05) is 0 Å². The van der Waals surface area contributed by atoms with E-state index in [2.05, 4.69) is 10.5 Å². The summed E-state index contributed by atoms with van der Waals surface area (Å²) in [6.45, 7) is 0. The summed E-state index contributed by atoms with van der Waals surface area (Å²) >= 11 is 12.1. The number of hydrogen-bond donors (Lipinski definition) is 1. The molecule has 1 amide bonds. The molecule has 2 atom stereocenters. The third-order valence-electron chi connectivity index (χ3n) is 3.72. The zero-order valence-corrected chi connectivity index (χ0v) is 13.2. The van der Waals surface area contributed by atoms with Gasteiger partial charge in [-0.1, -0.05) is 59.6 Å². The molecule has 0 spiro atoms. The standard InChI is InChI=1S/C17H14Cl2N2O/c18-15-7-4-8-16(19)14(15)10-20-21-17(22)13-9-12(13)11-5-2-1-3-6-11/h1-8,10,12-13H,9H2,(H,21,22)/b20-10+. The molecular weight excluding hydrogens is 319 g/mol. The number of halogens is 2. The molecule has 5 heteroatoms. The van der Waals surface area contributed by atoms with Gasteiger partial charge in [-0.2, -0.15) is 5.10 Å². The second kappa shape index (κ2) is 6.51. The van der Waals surface area contributed by atoms with Gasteiger partial charge in [-0.3, -0.25) is 4.79 Å². The van der Waals surface area contributed by atoms with Crippen LogP contribution in [-0.4, -0.2) is 12.1 Å². The lowest BCUT2D eigenvalue weighted by Gasteiger charge is -2.02. The normalized spacial score (nSPS) is 20.1. The zero-order valence-electron chi connectivity index (χ0n) is 11.7. The minimum Gasteiger partial charge on any atom is -0.273 e. The molecule has 1 fully saturated rings. The van der Waals surface area contributed by atoms with E-state index in [1.54, 1.807) is 18.2 Å². The number of nitrogens with one attached hydrogen (secondary N) is 1. The van der Waals surface area contributed by atoms with Crippen LogP contribution >= 0.6 is 23.2 Å². The van der Waals surface area contributed by atoms with Crippen molar-refractivity contribution in [3.05, 3.63) is 69.7 Å². The Morgan fingerprint density at radius 3 is 2.45 bits per heavy atom. The number of nitrogens with zero attached hydrogens (tertiary/aromatic N) is 1. The van der Waals surface area contributed by atoms with Crippen LogP contribution in [-0.2, 0) is 4.79 Å². The lowest BCUT2D eigenvalue weighted by Crippen LogP contribution is -2.20. The molecule has 0 saturated heterocycles. The van der Waals surface area contributed by atoms with E-state index in [1.165, 1.54) is 11.8 Å². The highest BCUT2D eigenvalue weighted by Crippen LogP contribution is 2.47. The average molecular weight is 333 g/mol. The molecule has 112 valence electrons. The van der Waals surface area contributed by atoms with Gasteiger partial charge >= 0.3 is 0 Å². The highest BCUT2D eigenvalue weighted by molar-refractivity contribution is 6.38. The molecule has 2 unspecified atom stereocenters. The molecule has 2 aromatic carbocycles. The maximum Gasteiger partial charge on any atom is 0.243 e. The molecule has 3 rings (SSSR count). The van der Waals surface area contributed by atoms with Crippen LogP contribution in [0.1, 0.15) is 23.5 Å². The summed E-state index contributed by atoms with van der Waals surface area (Å²) in [6, 6.07) is 15.2. The molecule has 1 N–H and O–H groups in total. The predicted molar refractivity (Wildman–Crippen MR) is 89.5 cm³/mol. The third-order valence-corrected chi connectivity index (χ3v) is 4.38. The Bertz CT molecular complexity index is 696. The van der Waals surface area contributed by atoms with E-state index in [9.17, 15) is 4.79 Å². The summed E-state index contributed by atoms with van der Waals surface area (Å²) in [5.74, 6) is 0.204. The number of carbonyl (C=O) groups is 1. The van der Waals surface area contributed by atoms with Crippen LogP contribution in [0.5, 0.6) is 0 Å². The molecule has 22 heavy (non-hydrogen) atoms. The molecule has 0 aromatic heterocycles. The summed E-state index contributed by atoms with van der Waals surface area (Å²) < 4.78 is 0. The molecular formula is C17H14Cl2N2O. The number of hydrazone groups is 1. The molecule has 0 aliphatic heterocycles. The van der Waals surface area contributed by atoms with Gasteiger partial charge in [0.25, 0.3) is 0 Å². The molecule has 1 saturated carbocycles. The largest absolute Gasteiger partial charge is 0.273 e. The van der Waals surface area contributed by atoms with Crippen LogP contribution in [0.15, 0.2) is 53.6 Å². The smallest absolute Gasteiger partial charge is 0.243 e. The van der Waals surface area contributed by atoms with E-state index in [1.807, 2.05) is 30.3 Å². The third kappa shape index (κ3) is 3.32. The fourth-order valence-electron chi connectivity index (χ4n) is 2.43. The maximum absolute atomic E-state index is 12.1. The van der Waals surface area contributed by atoms with Gasteiger partial charge in [0, 0.05) is 11.5 Å². The van der Waals surface area contributed by atoms with Crippen molar-refractivity contribution in [2.45, 2.75) is 12.3 Å². The Balaban J connectivity index is 1.59. The van der Waals surface area contributed by atoms with Gasteiger partial charge in [0.2, 0.25) is 5.91 Å². The fourth-order valence-corrected chi connectivity index (χ4v) is 2.93. The van der Waals surface area contributed by atoms with Gasteiger partial charge in [0.15, 0.2) is 0 Å². The van der Waals surface area contributed by atoms with E-state index in [0.29, 0.717) is 21.5 Å². The predicted octanol–water partition coefficient (Wildman–Crippen LogP) is 4.25. The highest BCUT2D eigenvalue weighted by Gasteiger charge is 2.43. The molecule has 2 aromatic rings. The molecule has 1 aliphatic rings. The van der Waals surface area contributed by atoms with Gasteiger partial charge < -0.3 is 0 Å². The van der Waals surface area contributed by atoms with Crippen molar-refractivity contribution in [3.8, 4) is 0 Å². The van der Waals surface area contributed by atoms with E-state index in [0.717, 1.165) is 6.42 Å². The molecule has 0 bridgehead atoms. The maximum atomic E-state index is 12.1. The van der Waals surface area contributed by atoms with Crippen molar-refractivity contribution in [2.24, 2.45) is 11.0 Å². The quantitative estimate of drug-likeness (QED) is 0.660. The Morgan fingerprint density at radius 1 is 1.09 bits per heavy atom. The van der Waals surface area contributed by atoms with E-state index in [-0.39, 0.29) is 11.8 Å². The first kappa shape index (κ1) is 15.1. The summed E-state index contributed by atoms with van der Waals surface area (Å²) in [6.07, 6.45) is 2.33. The second-order valence-corrected chi connectivity index (χ2v) is 6.04. The van der Waals surface area contributed by atoms with Crippen molar-refractivity contribution in [1.29, 1.82) is 0 Å². The molecule has 3 nitrogen and oxygen atoms in total. The van der Waals surface area contributed by atoms with Gasteiger partial charge in [-0.25, -0.2) is 5.43 Å². The Labute approximate surface area is 138 Å². The Morgan fingerprint density at radius 2 is 1.77 bits per heavy atom. The lowest BCUT2D eigenvalue weighted by atomic mass is 10.1. The first-order chi connectivity index (χ1) is 10.7. The minimum absolute atomic E-state index is 0.0127. The van der Waals surface area contributed by atoms with E-state index in [4.69, 9.17) is 23.2 Å². The van der Waals surface area contributed by atoms with Gasteiger partial charge in [0.05, 0.1) is 16.3 Å². The first-order valence-electron chi connectivity index (χ1n) is 6.98. The number of hydrogen-bond acceptors (Lipinski definition) is 2. The van der Waals surface area contributed by atoms with Crippen molar-refractivity contribution >= 4 is 35.3 Å². The summed E-state index contributed by atoms with van der Waals surface area (Å²) in [5, 5.41) is 4.96. The van der Waals surface area contributed by atoms with Crippen LogP contribution in [0.2, 0.25) is 10.0 Å². The van der Waals surface area contributed by atoms with Gasteiger partial charge in [-0.15, -0.1) is 0 Å². The zero-order chi connectivity index (χ0) is 15.5. The van der Waals surface area contributed by atoms with E-state index < -0.39 is 0 Å². The van der Waals surface area contributed by atoms with Crippen molar-refractivity contribution in [1.82, 2.24) is 5.43 Å². The number of carbonyl (C=O) groups excluding carboxylic acids is 1. The number of amides is 1. The molecule has 0 heterocycles. The molecule has 1 aliphatic carbocycles. The van der Waals surface area contributed by atoms with E-state index >= 15 is 0 Å². The molecule has 0 radical (unpaired) electrons. The second-order valence-electron chi connectivity index (χ2n) is 5.23. The highest BCUT2D eigenvalue weighted by atomic mass is 35.5.